The lowest BCUT2D eigenvalue weighted by atomic mass is 10.4. The Labute approximate surface area is 146 Å². The topological polar surface area (TPSA) is 109 Å². The summed E-state index contributed by atoms with van der Waals surface area (Å²) in [6.07, 6.45) is 0.948. The Morgan fingerprint density at radius 3 is 1.60 bits per heavy atom. The highest BCUT2D eigenvalue weighted by Crippen LogP contribution is 2.35. The van der Waals surface area contributed by atoms with Gasteiger partial charge in [-0.15, -0.1) is 0 Å². The highest BCUT2D eigenvalue weighted by atomic mass is 32.2. The summed E-state index contributed by atoms with van der Waals surface area (Å²) in [5.41, 5.74) is -5.82. The fourth-order valence-corrected chi connectivity index (χ4v) is 7.50. The molecular formula is C10H23F3N3O6S3+. The Morgan fingerprint density at radius 1 is 1.00 bits per heavy atom. The lowest BCUT2D eigenvalue weighted by Crippen LogP contribution is -2.74. The first kappa shape index (κ1) is 24.5. The molecule has 0 aromatic rings. The third-order valence-corrected chi connectivity index (χ3v) is 8.01. The molecule has 0 aliphatic carbocycles. The summed E-state index contributed by atoms with van der Waals surface area (Å²) in [7, 11) is -14.9. The van der Waals surface area contributed by atoms with Gasteiger partial charge >= 0.3 is 25.6 Å². The number of rotatable bonds is 8. The first-order chi connectivity index (χ1) is 10.8. The normalized spacial score (nSPS) is 17.3. The van der Waals surface area contributed by atoms with Crippen LogP contribution in [0.25, 0.3) is 0 Å². The summed E-state index contributed by atoms with van der Waals surface area (Å²) in [5.74, 6) is 0. The van der Waals surface area contributed by atoms with Gasteiger partial charge in [0.2, 0.25) is 0 Å². The monoisotopic (exact) mass is 434 g/mol. The Balaban J connectivity index is 7.20. The van der Waals surface area contributed by atoms with E-state index >= 15 is 0 Å². The van der Waals surface area contributed by atoms with Crippen LogP contribution in [0.2, 0.25) is 0 Å². The lowest BCUT2D eigenvalue weighted by Gasteiger charge is -2.45. The molecule has 0 bridgehead atoms. The molecule has 1 atom stereocenters. The summed E-state index contributed by atoms with van der Waals surface area (Å²) < 4.78 is 110. The molecule has 0 aliphatic heterocycles. The second-order valence-electron chi connectivity index (χ2n) is 5.64. The molecule has 0 heterocycles. The molecule has 0 aromatic heterocycles. The van der Waals surface area contributed by atoms with Crippen molar-refractivity contribution in [2.75, 3.05) is 26.1 Å². The van der Waals surface area contributed by atoms with Crippen molar-refractivity contribution in [3.63, 3.8) is 0 Å². The van der Waals surface area contributed by atoms with Crippen LogP contribution in [0.4, 0.5) is 13.2 Å². The Morgan fingerprint density at radius 2 is 1.40 bits per heavy atom. The molecule has 1 unspecified atom stereocenters. The fraction of sp³-hybridized carbons (Fsp3) is 1.00. The van der Waals surface area contributed by atoms with E-state index in [-0.39, 0.29) is 10.8 Å². The maximum atomic E-state index is 13.0. The smallest absolute Gasteiger partial charge is 0.208 e. The molecule has 0 saturated heterocycles. The average molecular weight is 435 g/mol. The molecule has 0 fully saturated rings. The highest BCUT2D eigenvalue weighted by Gasteiger charge is 2.64. The molecule has 0 amide bonds. The average Bonchev–Trinajstić information content (AvgIpc) is 2.31. The molecule has 0 N–H and O–H groups in total. The predicted molar refractivity (Wildman–Crippen MR) is 84.8 cm³/mol. The molecule has 0 radical (unpaired) electrons. The van der Waals surface area contributed by atoms with Crippen molar-refractivity contribution < 1.29 is 42.5 Å². The van der Waals surface area contributed by atoms with Crippen molar-refractivity contribution >= 4 is 30.1 Å². The number of nitrogens with zero attached hydrogens (tertiary/aromatic N) is 3. The van der Waals surface area contributed by atoms with Gasteiger partial charge in [0.25, 0.3) is 10.0 Å². The van der Waals surface area contributed by atoms with Crippen LogP contribution >= 0.6 is 0 Å². The zero-order valence-corrected chi connectivity index (χ0v) is 17.1. The van der Waals surface area contributed by atoms with Crippen LogP contribution in [-0.4, -0.2) is 75.8 Å². The van der Waals surface area contributed by atoms with Crippen LogP contribution in [0.5, 0.6) is 0 Å². The number of quaternary nitrogens is 1. The molecule has 0 spiro atoms. The standard InChI is InChI=1S/C10H23F3N3O6S3/c1-7-8-16(24(6,19)20,15(9(2)3)23(5,17)18)14(4)25(21,22)10(11,12)13/h9H,7-8H2,1-6H3/q+1. The van der Waals surface area contributed by atoms with E-state index in [1.807, 2.05) is 0 Å². The van der Waals surface area contributed by atoms with E-state index in [9.17, 15) is 38.4 Å². The third-order valence-electron chi connectivity index (χ3n) is 3.22. The van der Waals surface area contributed by atoms with Crippen LogP contribution in [0.1, 0.15) is 27.2 Å². The van der Waals surface area contributed by atoms with Gasteiger partial charge < -0.3 is 0 Å². The van der Waals surface area contributed by atoms with Crippen LogP contribution in [0.3, 0.4) is 0 Å². The minimum Gasteiger partial charge on any atom is -0.208 e. The van der Waals surface area contributed by atoms with Crippen LogP contribution in [0, 0.1) is 0 Å². The van der Waals surface area contributed by atoms with E-state index in [4.69, 9.17) is 0 Å². The highest BCUT2D eigenvalue weighted by molar-refractivity contribution is 7.91. The molecule has 25 heavy (non-hydrogen) atoms. The van der Waals surface area contributed by atoms with Gasteiger partial charge in [-0.25, -0.2) is 8.42 Å². The van der Waals surface area contributed by atoms with Crippen molar-refractivity contribution in [3.8, 4) is 0 Å². The van der Waals surface area contributed by atoms with Gasteiger partial charge in [0, 0.05) is 0 Å². The summed E-state index contributed by atoms with van der Waals surface area (Å²) >= 11 is 0. The Kier molecular flexibility index (Phi) is 7.13. The van der Waals surface area contributed by atoms with Gasteiger partial charge in [0.1, 0.15) is 6.54 Å². The summed E-state index contributed by atoms with van der Waals surface area (Å²) in [5, 5.41) is 0. The zero-order valence-electron chi connectivity index (χ0n) is 14.6. The second kappa shape index (κ2) is 7.26. The predicted octanol–water partition coefficient (Wildman–Crippen LogP) is 0.454. The van der Waals surface area contributed by atoms with Gasteiger partial charge in [0.15, 0.2) is 0 Å². The van der Waals surface area contributed by atoms with E-state index in [0.29, 0.717) is 19.6 Å². The van der Waals surface area contributed by atoms with Crippen LogP contribution in [0.15, 0.2) is 0 Å². The number of hydrogen-bond acceptors (Lipinski definition) is 6. The van der Waals surface area contributed by atoms with Gasteiger partial charge in [0.05, 0.1) is 25.6 Å². The van der Waals surface area contributed by atoms with E-state index in [2.05, 4.69) is 0 Å². The van der Waals surface area contributed by atoms with Crippen molar-refractivity contribution in [1.29, 1.82) is 0 Å². The SMILES string of the molecule is CCC[N+](N(C(C)C)S(C)(=O)=O)(N(C)S(=O)(=O)C(F)(F)F)S(C)(=O)=O. The third kappa shape index (κ3) is 4.44. The van der Waals surface area contributed by atoms with Crippen molar-refractivity contribution in [3.05, 3.63) is 0 Å². The molecular weight excluding hydrogens is 411 g/mol. The first-order valence-corrected chi connectivity index (χ1v) is 12.1. The maximum Gasteiger partial charge on any atom is 0.516 e. The van der Waals surface area contributed by atoms with Crippen molar-refractivity contribution in [1.82, 2.24) is 8.83 Å². The minimum absolute atomic E-state index is 0.122. The minimum atomic E-state index is -6.16. The Bertz CT molecular complexity index is 791. The van der Waals surface area contributed by atoms with Crippen molar-refractivity contribution in [2.45, 2.75) is 38.7 Å². The summed E-state index contributed by atoms with van der Waals surface area (Å²) in [6.45, 7) is 3.09. The molecule has 9 nitrogen and oxygen atoms in total. The first-order valence-electron chi connectivity index (χ1n) is 6.92. The van der Waals surface area contributed by atoms with E-state index in [1.54, 1.807) is 0 Å². The summed E-state index contributed by atoms with van der Waals surface area (Å²) in [6, 6.07) is -1.15. The largest absolute Gasteiger partial charge is 0.516 e. The van der Waals surface area contributed by atoms with Gasteiger partial charge in [-0.2, -0.15) is 30.0 Å². The fourth-order valence-electron chi connectivity index (χ4n) is 2.47. The molecule has 0 rings (SSSR count). The second-order valence-corrected chi connectivity index (χ2v) is 11.5. The van der Waals surface area contributed by atoms with Crippen LogP contribution in [-0.2, 0) is 30.1 Å². The molecule has 15 heteroatoms. The van der Waals surface area contributed by atoms with Gasteiger partial charge in [-0.3, -0.25) is 0 Å². The molecule has 0 aromatic carbocycles. The van der Waals surface area contributed by atoms with E-state index in [0.717, 1.165) is 0 Å². The number of hydrogen-bond donors (Lipinski definition) is 0. The van der Waals surface area contributed by atoms with E-state index in [1.165, 1.54) is 20.8 Å². The number of alkyl halides is 3. The molecule has 0 saturated carbocycles. The molecule has 0 aliphatic rings. The van der Waals surface area contributed by atoms with Crippen LogP contribution < -0.4 is 0 Å². The Hall–Kier alpha value is -0.480. The van der Waals surface area contributed by atoms with Crippen molar-refractivity contribution in [2.24, 2.45) is 0 Å². The zero-order chi connectivity index (χ0) is 20.6. The lowest BCUT2D eigenvalue weighted by molar-refractivity contribution is -0.993. The summed E-state index contributed by atoms with van der Waals surface area (Å²) in [4.78, 5) is 0. The molecule has 152 valence electrons. The number of halogens is 3. The number of sulfonamides is 3. The van der Waals surface area contributed by atoms with Gasteiger partial charge in [-0.05, 0) is 33.2 Å². The van der Waals surface area contributed by atoms with E-state index < -0.39 is 56.7 Å². The van der Waals surface area contributed by atoms with Gasteiger partial charge in [-0.1, -0.05) is 6.92 Å². The quantitative estimate of drug-likeness (QED) is 0.405. The maximum absolute atomic E-state index is 13.0.